The van der Waals surface area contributed by atoms with Crippen molar-refractivity contribution in [3.05, 3.63) is 30.6 Å². The maximum atomic E-state index is 4.18. The number of nitrogens with one attached hydrogen (secondary N) is 1. The van der Waals surface area contributed by atoms with Crippen LogP contribution in [0, 0.1) is 0 Å². The first-order chi connectivity index (χ1) is 5.86. The Kier molecular flexibility index (Phi) is 3.54. The predicted molar refractivity (Wildman–Crippen MR) is 50.1 cm³/mol. The van der Waals surface area contributed by atoms with Gasteiger partial charge >= 0.3 is 0 Å². The van der Waals surface area contributed by atoms with Gasteiger partial charge in [-0.15, -0.1) is 6.58 Å². The van der Waals surface area contributed by atoms with Gasteiger partial charge in [0.25, 0.3) is 0 Å². The highest BCUT2D eigenvalue weighted by atomic mass is 15.3. The summed E-state index contributed by atoms with van der Waals surface area (Å²) in [6, 6.07) is 0. The quantitative estimate of drug-likeness (QED) is 0.655. The van der Waals surface area contributed by atoms with Crippen molar-refractivity contribution in [1.29, 1.82) is 0 Å². The number of nitrogens with zero attached hydrogens (tertiary/aromatic N) is 2. The van der Waals surface area contributed by atoms with Crippen molar-refractivity contribution in [3.63, 3.8) is 0 Å². The van der Waals surface area contributed by atoms with Crippen molar-refractivity contribution in [2.24, 2.45) is 0 Å². The Morgan fingerprint density at radius 1 is 1.75 bits per heavy atom. The van der Waals surface area contributed by atoms with E-state index in [0.717, 1.165) is 19.5 Å². The lowest BCUT2D eigenvalue weighted by atomic mass is 10.2. The van der Waals surface area contributed by atoms with E-state index in [0.29, 0.717) is 0 Å². The van der Waals surface area contributed by atoms with Crippen molar-refractivity contribution in [3.8, 4) is 0 Å². The van der Waals surface area contributed by atoms with E-state index in [2.05, 4.69) is 23.2 Å². The fourth-order valence-electron chi connectivity index (χ4n) is 1.04. The SMILES string of the molecule is C=CCn1cc(CCNC)cn1. The van der Waals surface area contributed by atoms with E-state index in [9.17, 15) is 0 Å². The number of hydrogen-bond acceptors (Lipinski definition) is 2. The van der Waals surface area contributed by atoms with Crippen LogP contribution >= 0.6 is 0 Å². The molecular formula is C9H15N3. The summed E-state index contributed by atoms with van der Waals surface area (Å²) in [5, 5.41) is 7.28. The van der Waals surface area contributed by atoms with Gasteiger partial charge in [-0.3, -0.25) is 4.68 Å². The molecule has 1 aromatic heterocycles. The van der Waals surface area contributed by atoms with Gasteiger partial charge < -0.3 is 5.32 Å². The fraction of sp³-hybridized carbons (Fsp3) is 0.444. The summed E-state index contributed by atoms with van der Waals surface area (Å²) in [6.07, 6.45) is 6.84. The molecule has 0 aliphatic heterocycles. The van der Waals surface area contributed by atoms with Crippen molar-refractivity contribution >= 4 is 0 Å². The summed E-state index contributed by atoms with van der Waals surface area (Å²) < 4.78 is 1.89. The summed E-state index contributed by atoms with van der Waals surface area (Å²) >= 11 is 0. The first kappa shape index (κ1) is 9.00. The molecule has 0 saturated heterocycles. The molecule has 1 N–H and O–H groups in total. The zero-order valence-corrected chi connectivity index (χ0v) is 7.45. The van der Waals surface area contributed by atoms with Crippen molar-refractivity contribution < 1.29 is 0 Å². The molecule has 1 aromatic rings. The predicted octanol–water partition coefficient (Wildman–Crippen LogP) is 0.831. The van der Waals surface area contributed by atoms with E-state index in [1.165, 1.54) is 5.56 Å². The van der Waals surface area contributed by atoms with E-state index in [1.807, 2.05) is 24.0 Å². The highest BCUT2D eigenvalue weighted by molar-refractivity contribution is 5.04. The molecule has 0 fully saturated rings. The molecule has 66 valence electrons. The smallest absolute Gasteiger partial charge is 0.0587 e. The summed E-state index contributed by atoms with van der Waals surface area (Å²) in [7, 11) is 1.95. The van der Waals surface area contributed by atoms with Crippen molar-refractivity contribution in [2.75, 3.05) is 13.6 Å². The van der Waals surface area contributed by atoms with Crippen molar-refractivity contribution in [2.45, 2.75) is 13.0 Å². The van der Waals surface area contributed by atoms with E-state index in [-0.39, 0.29) is 0 Å². The summed E-state index contributed by atoms with van der Waals surface area (Å²) in [4.78, 5) is 0. The molecule has 1 heterocycles. The van der Waals surface area contributed by atoms with Crippen LogP contribution in [0.1, 0.15) is 5.56 Å². The number of hydrogen-bond donors (Lipinski definition) is 1. The van der Waals surface area contributed by atoms with Gasteiger partial charge in [-0.2, -0.15) is 5.10 Å². The molecule has 12 heavy (non-hydrogen) atoms. The zero-order chi connectivity index (χ0) is 8.81. The third kappa shape index (κ3) is 2.51. The molecule has 0 atom stereocenters. The molecule has 0 aliphatic carbocycles. The fourth-order valence-corrected chi connectivity index (χ4v) is 1.04. The van der Waals surface area contributed by atoms with Crippen LogP contribution in [-0.4, -0.2) is 23.4 Å². The van der Waals surface area contributed by atoms with Gasteiger partial charge in [0.1, 0.15) is 0 Å². The molecule has 0 radical (unpaired) electrons. The number of likely N-dealkylation sites (N-methyl/N-ethyl adjacent to an activating group) is 1. The lowest BCUT2D eigenvalue weighted by Crippen LogP contribution is -2.09. The second kappa shape index (κ2) is 4.72. The molecule has 0 bridgehead atoms. The van der Waals surface area contributed by atoms with Crippen LogP contribution < -0.4 is 5.32 Å². The van der Waals surface area contributed by atoms with E-state index < -0.39 is 0 Å². The molecule has 0 aromatic carbocycles. The minimum atomic E-state index is 0.791. The number of allylic oxidation sites excluding steroid dienone is 1. The molecular weight excluding hydrogens is 150 g/mol. The normalized spacial score (nSPS) is 10.1. The summed E-state index contributed by atoms with van der Waals surface area (Å²) in [5.74, 6) is 0. The molecule has 0 aliphatic rings. The zero-order valence-electron chi connectivity index (χ0n) is 7.45. The van der Waals surface area contributed by atoms with Gasteiger partial charge in [-0.1, -0.05) is 6.08 Å². The van der Waals surface area contributed by atoms with Gasteiger partial charge in [0.05, 0.1) is 12.7 Å². The Balaban J connectivity index is 2.46. The number of aromatic nitrogens is 2. The van der Waals surface area contributed by atoms with Crippen molar-refractivity contribution in [1.82, 2.24) is 15.1 Å². The number of rotatable bonds is 5. The van der Waals surface area contributed by atoms with E-state index in [4.69, 9.17) is 0 Å². The van der Waals surface area contributed by atoms with Gasteiger partial charge in [0, 0.05) is 6.20 Å². The Hall–Kier alpha value is -1.09. The summed E-state index contributed by atoms with van der Waals surface area (Å²) in [6.45, 7) is 5.45. The second-order valence-electron chi connectivity index (χ2n) is 2.71. The molecule has 0 unspecified atom stereocenters. The van der Waals surface area contributed by atoms with Crippen LogP contribution in [0.2, 0.25) is 0 Å². The van der Waals surface area contributed by atoms with Crippen LogP contribution in [-0.2, 0) is 13.0 Å². The second-order valence-corrected chi connectivity index (χ2v) is 2.71. The van der Waals surface area contributed by atoms with E-state index >= 15 is 0 Å². The standard InChI is InChI=1S/C9H15N3/c1-3-6-12-8-9(7-11-12)4-5-10-2/h3,7-8,10H,1,4-6H2,2H3. The van der Waals surface area contributed by atoms with Crippen LogP contribution in [0.5, 0.6) is 0 Å². The monoisotopic (exact) mass is 165 g/mol. The Labute approximate surface area is 73.1 Å². The minimum absolute atomic E-state index is 0.791. The maximum Gasteiger partial charge on any atom is 0.0587 e. The lowest BCUT2D eigenvalue weighted by Gasteiger charge is -1.94. The first-order valence-electron chi connectivity index (χ1n) is 4.13. The summed E-state index contributed by atoms with van der Waals surface area (Å²) in [5.41, 5.74) is 1.27. The molecule has 0 spiro atoms. The van der Waals surface area contributed by atoms with E-state index in [1.54, 1.807) is 0 Å². The first-order valence-corrected chi connectivity index (χ1v) is 4.13. The van der Waals surface area contributed by atoms with Crippen LogP contribution in [0.15, 0.2) is 25.0 Å². The van der Waals surface area contributed by atoms with Gasteiger partial charge in [0.2, 0.25) is 0 Å². The van der Waals surface area contributed by atoms with Gasteiger partial charge in [-0.05, 0) is 25.6 Å². The minimum Gasteiger partial charge on any atom is -0.319 e. The van der Waals surface area contributed by atoms with Gasteiger partial charge in [-0.25, -0.2) is 0 Å². The average Bonchev–Trinajstić information content (AvgIpc) is 2.50. The highest BCUT2D eigenvalue weighted by Gasteiger charge is 1.95. The van der Waals surface area contributed by atoms with Crippen LogP contribution in [0.25, 0.3) is 0 Å². The third-order valence-electron chi connectivity index (χ3n) is 1.67. The Morgan fingerprint density at radius 2 is 2.58 bits per heavy atom. The Bertz CT molecular complexity index is 240. The topological polar surface area (TPSA) is 29.9 Å². The van der Waals surface area contributed by atoms with Crippen LogP contribution in [0.3, 0.4) is 0 Å². The lowest BCUT2D eigenvalue weighted by molar-refractivity contribution is 0.701. The molecule has 0 amide bonds. The molecule has 0 saturated carbocycles. The van der Waals surface area contributed by atoms with Gasteiger partial charge in [0.15, 0.2) is 0 Å². The molecule has 3 nitrogen and oxygen atoms in total. The Morgan fingerprint density at radius 3 is 3.25 bits per heavy atom. The third-order valence-corrected chi connectivity index (χ3v) is 1.67. The van der Waals surface area contributed by atoms with Crippen LogP contribution in [0.4, 0.5) is 0 Å². The largest absolute Gasteiger partial charge is 0.319 e. The average molecular weight is 165 g/mol. The maximum absolute atomic E-state index is 4.18. The highest BCUT2D eigenvalue weighted by Crippen LogP contribution is 1.97. The molecule has 3 heteroatoms. The molecule has 1 rings (SSSR count).